The molecule has 0 heterocycles. The van der Waals surface area contributed by atoms with E-state index in [9.17, 15) is 14.0 Å². The molecule has 7 heteroatoms. The van der Waals surface area contributed by atoms with E-state index in [0.717, 1.165) is 11.3 Å². The van der Waals surface area contributed by atoms with Gasteiger partial charge in [-0.15, -0.1) is 0 Å². The van der Waals surface area contributed by atoms with Crippen molar-refractivity contribution >= 4 is 29.0 Å². The van der Waals surface area contributed by atoms with Gasteiger partial charge in [0.05, 0.1) is 0 Å². The number of benzene rings is 2. The molecule has 0 radical (unpaired) electrons. The van der Waals surface area contributed by atoms with Gasteiger partial charge in [-0.2, -0.15) is 0 Å². The second-order valence-corrected chi connectivity index (χ2v) is 8.93. The number of nitrogens with one attached hydrogen (secondary N) is 2. The number of nitrogens with zero attached hydrogens (tertiary/aromatic N) is 2. The first kappa shape index (κ1) is 25.2. The molecule has 3 amide bonds. The highest BCUT2D eigenvalue weighted by atomic mass is 19.1. The van der Waals surface area contributed by atoms with Gasteiger partial charge in [0, 0.05) is 49.7 Å². The highest BCUT2D eigenvalue weighted by Gasteiger charge is 2.25. The maximum atomic E-state index is 13.6. The smallest absolute Gasteiger partial charge is 0.322 e. The number of hydrogen-bond acceptors (Lipinski definition) is 3. The fourth-order valence-corrected chi connectivity index (χ4v) is 3.22. The monoisotopic (exact) mass is 442 g/mol. The minimum atomic E-state index is -0.408. The molecule has 6 nitrogen and oxygen atoms in total. The highest BCUT2D eigenvalue weighted by Crippen LogP contribution is 2.27. The van der Waals surface area contributed by atoms with Crippen molar-refractivity contribution in [1.29, 1.82) is 0 Å². The summed E-state index contributed by atoms with van der Waals surface area (Å²) in [5, 5.41) is 5.74. The Morgan fingerprint density at radius 1 is 0.938 bits per heavy atom. The van der Waals surface area contributed by atoms with Crippen LogP contribution in [0.2, 0.25) is 0 Å². The average Bonchev–Trinajstić information content (AvgIpc) is 2.71. The summed E-state index contributed by atoms with van der Waals surface area (Å²) in [5.74, 6) is -0.402. The number of rotatable bonds is 8. The van der Waals surface area contributed by atoms with Crippen LogP contribution in [-0.2, 0) is 11.3 Å². The number of halogens is 1. The molecule has 0 saturated heterocycles. The van der Waals surface area contributed by atoms with Crippen molar-refractivity contribution in [3.8, 4) is 0 Å². The van der Waals surface area contributed by atoms with E-state index in [-0.39, 0.29) is 29.8 Å². The molecule has 0 aliphatic heterocycles. The molecule has 0 aliphatic rings. The zero-order valence-corrected chi connectivity index (χ0v) is 20.1. The molecule has 0 spiro atoms. The second-order valence-electron chi connectivity index (χ2n) is 8.93. The normalized spacial score (nSPS) is 11.9. The Kier molecular flexibility index (Phi) is 8.63. The third-order valence-corrected chi connectivity index (χ3v) is 5.49. The molecule has 2 aromatic rings. The van der Waals surface area contributed by atoms with E-state index in [1.165, 1.54) is 12.1 Å². The van der Waals surface area contributed by atoms with E-state index < -0.39 is 5.82 Å². The first-order chi connectivity index (χ1) is 15.0. The van der Waals surface area contributed by atoms with Gasteiger partial charge in [0.1, 0.15) is 5.82 Å². The number of anilines is 3. The van der Waals surface area contributed by atoms with Crippen LogP contribution in [0.5, 0.6) is 0 Å². The summed E-state index contributed by atoms with van der Waals surface area (Å²) in [6.45, 7) is 10.1. The predicted octanol–water partition coefficient (Wildman–Crippen LogP) is 5.56. The molecule has 32 heavy (non-hydrogen) atoms. The Bertz CT molecular complexity index is 943. The lowest BCUT2D eigenvalue weighted by molar-refractivity contribution is -0.118. The maximum absolute atomic E-state index is 13.6. The topological polar surface area (TPSA) is 64.7 Å². The van der Waals surface area contributed by atoms with Gasteiger partial charge in [-0.05, 0) is 54.8 Å². The van der Waals surface area contributed by atoms with Crippen molar-refractivity contribution < 1.29 is 14.0 Å². The minimum Gasteiger partial charge on any atom is -0.377 e. The molecule has 0 aliphatic carbocycles. The van der Waals surface area contributed by atoms with Crippen molar-refractivity contribution in [2.45, 2.75) is 47.2 Å². The molecule has 2 N–H and O–H groups in total. The van der Waals surface area contributed by atoms with Crippen LogP contribution < -0.4 is 15.5 Å². The molecule has 2 aromatic carbocycles. The molecular weight excluding hydrogens is 407 g/mol. The average molecular weight is 443 g/mol. The Labute approximate surface area is 190 Å². The number of hydrogen-bond donors (Lipinski definition) is 2. The van der Waals surface area contributed by atoms with E-state index in [2.05, 4.69) is 24.5 Å². The van der Waals surface area contributed by atoms with Crippen LogP contribution in [0.1, 0.15) is 40.2 Å². The van der Waals surface area contributed by atoms with Crippen LogP contribution >= 0.6 is 0 Å². The molecule has 2 rings (SSSR count). The molecule has 1 unspecified atom stereocenters. The fourth-order valence-electron chi connectivity index (χ4n) is 3.22. The van der Waals surface area contributed by atoms with Gasteiger partial charge in [-0.1, -0.05) is 33.8 Å². The zero-order chi connectivity index (χ0) is 24.0. The highest BCUT2D eigenvalue weighted by molar-refractivity contribution is 5.92. The van der Waals surface area contributed by atoms with Crippen LogP contribution in [-0.4, -0.2) is 37.0 Å². The van der Waals surface area contributed by atoms with Gasteiger partial charge in [-0.3, -0.25) is 4.79 Å². The van der Waals surface area contributed by atoms with Crippen LogP contribution in [0, 0.1) is 17.7 Å². The Morgan fingerprint density at radius 3 is 2.16 bits per heavy atom. The van der Waals surface area contributed by atoms with Gasteiger partial charge in [-0.25, -0.2) is 9.18 Å². The van der Waals surface area contributed by atoms with Crippen LogP contribution in [0.3, 0.4) is 0 Å². The van der Waals surface area contributed by atoms with Gasteiger partial charge < -0.3 is 20.4 Å². The molecule has 0 saturated carbocycles. The van der Waals surface area contributed by atoms with Crippen molar-refractivity contribution in [2.24, 2.45) is 11.8 Å². The fraction of sp³-hybridized carbons (Fsp3) is 0.440. The van der Waals surface area contributed by atoms with Crippen molar-refractivity contribution in [3.63, 3.8) is 0 Å². The standard InChI is InChI=1S/C25H35FN4O2/c1-16(2)18(5)30(25(32)28-21-10-8-9-20(26)14-21)15-19-13-22(27-24(31)17(3)4)11-12-23(19)29(6)7/h8-14,16-18H,15H2,1-7H3,(H,27,31)(H,28,32). The number of urea groups is 1. The zero-order valence-electron chi connectivity index (χ0n) is 20.1. The van der Waals surface area contributed by atoms with E-state index in [1.54, 1.807) is 17.0 Å². The first-order valence-electron chi connectivity index (χ1n) is 10.9. The van der Waals surface area contributed by atoms with Crippen LogP contribution in [0.25, 0.3) is 0 Å². The third-order valence-electron chi connectivity index (χ3n) is 5.49. The summed E-state index contributed by atoms with van der Waals surface area (Å²) >= 11 is 0. The molecule has 1 atom stereocenters. The largest absolute Gasteiger partial charge is 0.377 e. The van der Waals surface area contributed by atoms with Crippen LogP contribution in [0.4, 0.5) is 26.2 Å². The number of carbonyl (C=O) groups excluding carboxylic acids is 2. The quantitative estimate of drug-likeness (QED) is 0.562. The van der Waals surface area contributed by atoms with E-state index >= 15 is 0 Å². The molecular formula is C25H35FN4O2. The Hall–Kier alpha value is -3.09. The summed E-state index contributed by atoms with van der Waals surface area (Å²) < 4.78 is 13.6. The molecule has 0 aromatic heterocycles. The lowest BCUT2D eigenvalue weighted by Gasteiger charge is -2.33. The summed E-state index contributed by atoms with van der Waals surface area (Å²) in [7, 11) is 3.88. The first-order valence-corrected chi connectivity index (χ1v) is 10.9. The number of carbonyl (C=O) groups is 2. The van der Waals surface area contributed by atoms with Crippen molar-refractivity contribution in [1.82, 2.24) is 4.90 Å². The van der Waals surface area contributed by atoms with E-state index in [4.69, 9.17) is 0 Å². The van der Waals surface area contributed by atoms with Gasteiger partial charge in [0.25, 0.3) is 0 Å². The summed E-state index contributed by atoms with van der Waals surface area (Å²) in [5.41, 5.74) is 2.94. The maximum Gasteiger partial charge on any atom is 0.322 e. The lowest BCUT2D eigenvalue weighted by Crippen LogP contribution is -2.43. The SMILES string of the molecule is CC(C)C(=O)Nc1ccc(N(C)C)c(CN(C(=O)Nc2cccc(F)c2)C(C)C(C)C)c1. The minimum absolute atomic E-state index is 0.0650. The molecule has 0 fully saturated rings. The number of amides is 3. The lowest BCUT2D eigenvalue weighted by atomic mass is 10.0. The Balaban J connectivity index is 2.38. The Morgan fingerprint density at radius 2 is 1.59 bits per heavy atom. The van der Waals surface area contributed by atoms with Crippen molar-refractivity contribution in [3.05, 3.63) is 53.8 Å². The van der Waals surface area contributed by atoms with E-state index in [1.807, 2.05) is 58.0 Å². The summed E-state index contributed by atoms with van der Waals surface area (Å²) in [4.78, 5) is 29.1. The molecule has 174 valence electrons. The summed E-state index contributed by atoms with van der Waals surface area (Å²) in [6.07, 6.45) is 0. The van der Waals surface area contributed by atoms with Crippen LogP contribution in [0.15, 0.2) is 42.5 Å². The molecule has 0 bridgehead atoms. The van der Waals surface area contributed by atoms with Gasteiger partial charge in [0.15, 0.2) is 0 Å². The van der Waals surface area contributed by atoms with Gasteiger partial charge >= 0.3 is 6.03 Å². The van der Waals surface area contributed by atoms with Gasteiger partial charge in [0.2, 0.25) is 5.91 Å². The summed E-state index contributed by atoms with van der Waals surface area (Å²) in [6, 6.07) is 11.2. The second kappa shape index (κ2) is 11.0. The third kappa shape index (κ3) is 6.70. The predicted molar refractivity (Wildman–Crippen MR) is 129 cm³/mol. The van der Waals surface area contributed by atoms with Crippen molar-refractivity contribution in [2.75, 3.05) is 29.6 Å². The van der Waals surface area contributed by atoms with E-state index in [0.29, 0.717) is 17.9 Å².